The molecule has 0 bridgehead atoms. The van der Waals surface area contributed by atoms with E-state index in [1.54, 1.807) is 35.4 Å². The van der Waals surface area contributed by atoms with Gasteiger partial charge >= 0.3 is 6.01 Å². The van der Waals surface area contributed by atoms with E-state index >= 15 is 0 Å². The third-order valence-electron chi connectivity index (χ3n) is 5.75. The highest BCUT2D eigenvalue weighted by molar-refractivity contribution is 6.31. The Bertz CT molecular complexity index is 1470. The summed E-state index contributed by atoms with van der Waals surface area (Å²) < 4.78 is 7.47. The van der Waals surface area contributed by atoms with Gasteiger partial charge in [-0.2, -0.15) is 4.98 Å². The first-order chi connectivity index (χ1) is 16.8. The Morgan fingerprint density at radius 2 is 2.11 bits per heavy atom. The van der Waals surface area contributed by atoms with E-state index in [0.717, 1.165) is 0 Å². The van der Waals surface area contributed by atoms with Gasteiger partial charge in [0.1, 0.15) is 23.3 Å². The second-order valence-electron chi connectivity index (χ2n) is 8.55. The SMILES string of the molecule is CN(C)CC=CC(=O)N1CC(n2cc(C(=O)Nc3nc4cc(Cl)ccc4o3)c3c(N)ncnc32)C1. The van der Waals surface area contributed by atoms with E-state index in [1.165, 1.54) is 6.33 Å². The molecule has 11 nitrogen and oxygen atoms in total. The van der Waals surface area contributed by atoms with Crippen molar-refractivity contribution in [3.8, 4) is 0 Å². The van der Waals surface area contributed by atoms with Crippen LogP contribution in [-0.2, 0) is 4.79 Å². The van der Waals surface area contributed by atoms with Gasteiger partial charge in [0, 0.05) is 36.9 Å². The van der Waals surface area contributed by atoms with Gasteiger partial charge in [0.05, 0.1) is 17.0 Å². The molecule has 1 aromatic carbocycles. The van der Waals surface area contributed by atoms with Crippen LogP contribution in [0.3, 0.4) is 0 Å². The highest BCUT2D eigenvalue weighted by Gasteiger charge is 2.33. The number of carbonyl (C=O) groups excluding carboxylic acids is 2. The van der Waals surface area contributed by atoms with E-state index in [9.17, 15) is 9.59 Å². The van der Waals surface area contributed by atoms with Crippen molar-refractivity contribution < 1.29 is 14.0 Å². The lowest BCUT2D eigenvalue weighted by Crippen LogP contribution is -2.50. The van der Waals surface area contributed by atoms with Crippen LogP contribution in [0.5, 0.6) is 0 Å². The van der Waals surface area contributed by atoms with Crippen molar-refractivity contribution in [3.63, 3.8) is 0 Å². The number of benzene rings is 1. The number of carbonyl (C=O) groups is 2. The molecule has 0 saturated carbocycles. The van der Waals surface area contributed by atoms with Gasteiger partial charge in [-0.25, -0.2) is 9.97 Å². The number of nitrogens with zero attached hydrogens (tertiary/aromatic N) is 6. The van der Waals surface area contributed by atoms with Crippen molar-refractivity contribution in [2.75, 3.05) is 44.8 Å². The van der Waals surface area contributed by atoms with Crippen LogP contribution < -0.4 is 11.1 Å². The molecule has 4 aromatic rings. The average Bonchev–Trinajstić information content (AvgIpc) is 3.34. The summed E-state index contributed by atoms with van der Waals surface area (Å²) in [6, 6.07) is 4.99. The molecule has 2 amide bonds. The molecule has 3 N–H and O–H groups in total. The Balaban J connectivity index is 1.38. The highest BCUT2D eigenvalue weighted by atomic mass is 35.5. The lowest BCUT2D eigenvalue weighted by molar-refractivity contribution is -0.131. The number of likely N-dealkylation sites (N-methyl/N-ethyl adjacent to an activating group) is 1. The van der Waals surface area contributed by atoms with Gasteiger partial charge in [-0.05, 0) is 32.3 Å². The van der Waals surface area contributed by atoms with Crippen LogP contribution in [0.1, 0.15) is 16.4 Å². The van der Waals surface area contributed by atoms with Crippen LogP contribution in [-0.4, -0.2) is 74.9 Å². The summed E-state index contributed by atoms with van der Waals surface area (Å²) in [4.78, 5) is 41.9. The molecule has 0 unspecified atom stereocenters. The Labute approximate surface area is 205 Å². The molecule has 1 aliphatic rings. The van der Waals surface area contributed by atoms with Crippen molar-refractivity contribution in [2.45, 2.75) is 6.04 Å². The largest absolute Gasteiger partial charge is 0.423 e. The van der Waals surface area contributed by atoms with Crippen LogP contribution in [0.25, 0.3) is 22.1 Å². The molecule has 3 aromatic heterocycles. The zero-order valence-corrected chi connectivity index (χ0v) is 19.9. The Morgan fingerprint density at radius 1 is 1.31 bits per heavy atom. The Morgan fingerprint density at radius 3 is 2.89 bits per heavy atom. The number of anilines is 2. The molecule has 1 saturated heterocycles. The second-order valence-corrected chi connectivity index (χ2v) is 8.99. The first-order valence-corrected chi connectivity index (χ1v) is 11.3. The minimum Gasteiger partial charge on any atom is -0.423 e. The minimum atomic E-state index is -0.466. The Kier molecular flexibility index (Phi) is 5.87. The smallest absolute Gasteiger partial charge is 0.302 e. The number of oxazole rings is 1. The maximum Gasteiger partial charge on any atom is 0.302 e. The molecule has 12 heteroatoms. The van der Waals surface area contributed by atoms with Crippen molar-refractivity contribution >= 4 is 57.4 Å². The van der Waals surface area contributed by atoms with Crippen LogP contribution in [0.15, 0.2) is 47.3 Å². The van der Waals surface area contributed by atoms with Crippen LogP contribution in [0.4, 0.5) is 11.8 Å². The number of halogens is 1. The summed E-state index contributed by atoms with van der Waals surface area (Å²) in [5.41, 5.74) is 7.94. The van der Waals surface area contributed by atoms with E-state index in [4.69, 9.17) is 21.8 Å². The van der Waals surface area contributed by atoms with Gasteiger partial charge in [0.2, 0.25) is 5.91 Å². The molecule has 0 spiro atoms. The third kappa shape index (κ3) is 4.43. The molecule has 0 radical (unpaired) electrons. The first kappa shape index (κ1) is 22.8. The monoisotopic (exact) mass is 494 g/mol. The molecular weight excluding hydrogens is 472 g/mol. The summed E-state index contributed by atoms with van der Waals surface area (Å²) in [5, 5.41) is 3.61. The fourth-order valence-electron chi connectivity index (χ4n) is 3.96. The number of amides is 2. The van der Waals surface area contributed by atoms with Crippen molar-refractivity contribution in [3.05, 3.63) is 53.5 Å². The number of aromatic nitrogens is 4. The van der Waals surface area contributed by atoms with Crippen LogP contribution >= 0.6 is 11.6 Å². The van der Waals surface area contributed by atoms with Gasteiger partial charge in [-0.1, -0.05) is 17.7 Å². The third-order valence-corrected chi connectivity index (χ3v) is 5.99. The topological polar surface area (TPSA) is 135 Å². The summed E-state index contributed by atoms with van der Waals surface area (Å²) in [6.07, 6.45) is 6.44. The first-order valence-electron chi connectivity index (χ1n) is 10.9. The standard InChI is InChI=1S/C23H23ClN8O3/c1-30(2)7-3-4-18(33)31-9-14(10-31)32-11-15(19-20(25)26-12-27-21(19)32)22(34)29-23-28-16-8-13(24)5-6-17(16)35-23/h3-6,8,11-12,14H,7,9-10H2,1-2H3,(H2,25,26,27)(H,28,29,34). The zero-order chi connectivity index (χ0) is 24.7. The van der Waals surface area contributed by atoms with Gasteiger partial charge in [-0.3, -0.25) is 14.9 Å². The number of hydrogen-bond acceptors (Lipinski definition) is 8. The van der Waals surface area contributed by atoms with Gasteiger partial charge < -0.3 is 24.5 Å². The number of fused-ring (bicyclic) bond motifs is 2. The normalized spacial score (nSPS) is 14.3. The lowest BCUT2D eigenvalue weighted by Gasteiger charge is -2.39. The molecule has 180 valence electrons. The summed E-state index contributed by atoms with van der Waals surface area (Å²) in [5.74, 6) is -0.336. The van der Waals surface area contributed by atoms with Gasteiger partial charge in [0.15, 0.2) is 5.58 Å². The second kappa shape index (κ2) is 9.01. The molecule has 1 fully saturated rings. The van der Waals surface area contributed by atoms with Gasteiger partial charge in [0.25, 0.3) is 5.91 Å². The fourth-order valence-corrected chi connectivity index (χ4v) is 4.12. The quantitative estimate of drug-likeness (QED) is 0.390. The van der Waals surface area contributed by atoms with Crippen LogP contribution in [0, 0.1) is 0 Å². The van der Waals surface area contributed by atoms with Crippen molar-refractivity contribution in [1.29, 1.82) is 0 Å². The predicted octanol–water partition coefficient (Wildman–Crippen LogP) is 2.56. The number of likely N-dealkylation sites (tertiary alicyclic amines) is 1. The minimum absolute atomic E-state index is 0.0357. The zero-order valence-electron chi connectivity index (χ0n) is 19.1. The van der Waals surface area contributed by atoms with E-state index in [2.05, 4.69) is 20.3 Å². The molecule has 1 aliphatic heterocycles. The summed E-state index contributed by atoms with van der Waals surface area (Å²) >= 11 is 6.00. The molecule has 5 rings (SSSR count). The maximum atomic E-state index is 13.2. The fraction of sp³-hybridized carbons (Fsp3) is 0.261. The van der Waals surface area contributed by atoms with Gasteiger partial charge in [-0.15, -0.1) is 0 Å². The number of hydrogen-bond donors (Lipinski definition) is 2. The number of nitrogens with two attached hydrogens (primary N) is 1. The number of nitrogens with one attached hydrogen (secondary N) is 1. The maximum absolute atomic E-state index is 13.2. The van der Waals surface area contributed by atoms with E-state index in [0.29, 0.717) is 46.8 Å². The molecule has 0 aliphatic carbocycles. The van der Waals surface area contributed by atoms with E-state index < -0.39 is 5.91 Å². The Hall–Kier alpha value is -3.96. The molecule has 35 heavy (non-hydrogen) atoms. The van der Waals surface area contributed by atoms with E-state index in [-0.39, 0.29) is 29.3 Å². The molecule has 0 atom stereocenters. The van der Waals surface area contributed by atoms with E-state index in [1.807, 2.05) is 29.6 Å². The van der Waals surface area contributed by atoms with Crippen molar-refractivity contribution in [2.24, 2.45) is 0 Å². The number of nitrogen functional groups attached to an aromatic ring is 1. The summed E-state index contributed by atoms with van der Waals surface area (Å²) in [7, 11) is 3.87. The lowest BCUT2D eigenvalue weighted by atomic mass is 10.1. The predicted molar refractivity (Wildman–Crippen MR) is 132 cm³/mol. The average molecular weight is 495 g/mol. The number of rotatable bonds is 6. The van der Waals surface area contributed by atoms with Crippen LogP contribution in [0.2, 0.25) is 5.02 Å². The molecular formula is C23H23ClN8O3. The molecule has 4 heterocycles. The highest BCUT2D eigenvalue weighted by Crippen LogP contribution is 2.31. The summed E-state index contributed by atoms with van der Waals surface area (Å²) in [6.45, 7) is 1.67. The van der Waals surface area contributed by atoms with Crippen molar-refractivity contribution in [1.82, 2.24) is 29.3 Å².